The minimum absolute atomic E-state index is 0.00662. The van der Waals surface area contributed by atoms with E-state index in [9.17, 15) is 9.90 Å². The van der Waals surface area contributed by atoms with Crippen LogP contribution in [0.4, 0.5) is 5.69 Å². The van der Waals surface area contributed by atoms with Gasteiger partial charge >= 0.3 is 0 Å². The molecule has 6 nitrogen and oxygen atoms in total. The number of aryl methyl sites for hydroxylation is 1. The minimum Gasteiger partial charge on any atom is -0.393 e. The number of hydrogen-bond donors (Lipinski definition) is 2. The SMILES string of the molecule is CN(C)c1ccc(CC(=O)N[C@H](c2cnn(C)c2)C2CC(O)C2)cc1. The molecule has 1 saturated carbocycles. The molecule has 3 rings (SSSR count). The normalized spacial score (nSPS) is 20.6. The summed E-state index contributed by atoms with van der Waals surface area (Å²) in [7, 11) is 5.85. The van der Waals surface area contributed by atoms with E-state index in [-0.39, 0.29) is 24.0 Å². The number of carbonyl (C=O) groups excluding carboxylic acids is 1. The van der Waals surface area contributed by atoms with Crippen molar-refractivity contribution in [3.05, 3.63) is 47.8 Å². The second kappa shape index (κ2) is 7.27. The number of hydrogen-bond acceptors (Lipinski definition) is 4. The number of rotatable bonds is 6. The summed E-state index contributed by atoms with van der Waals surface area (Å²) in [6, 6.07) is 7.92. The molecule has 2 aromatic rings. The molecule has 0 bridgehead atoms. The summed E-state index contributed by atoms with van der Waals surface area (Å²) < 4.78 is 1.74. The van der Waals surface area contributed by atoms with E-state index in [0.717, 1.165) is 29.7 Å². The Kier molecular flexibility index (Phi) is 5.08. The second-order valence-corrected chi connectivity index (χ2v) is 7.12. The van der Waals surface area contributed by atoms with Gasteiger partial charge < -0.3 is 15.3 Å². The molecule has 1 aliphatic rings. The molecule has 0 unspecified atom stereocenters. The van der Waals surface area contributed by atoms with Gasteiger partial charge in [-0.05, 0) is 36.5 Å². The fraction of sp³-hybridized carbons (Fsp3) is 0.474. The lowest BCUT2D eigenvalue weighted by atomic mass is 9.75. The van der Waals surface area contributed by atoms with E-state index < -0.39 is 0 Å². The number of anilines is 1. The largest absolute Gasteiger partial charge is 0.393 e. The Morgan fingerprint density at radius 1 is 1.36 bits per heavy atom. The fourth-order valence-electron chi connectivity index (χ4n) is 3.30. The molecule has 1 fully saturated rings. The molecule has 6 heteroatoms. The number of amides is 1. The van der Waals surface area contributed by atoms with Crippen molar-refractivity contribution >= 4 is 11.6 Å². The van der Waals surface area contributed by atoms with Crippen molar-refractivity contribution in [3.8, 4) is 0 Å². The van der Waals surface area contributed by atoms with Crippen LogP contribution in [0.3, 0.4) is 0 Å². The van der Waals surface area contributed by atoms with E-state index in [1.165, 1.54) is 0 Å². The highest BCUT2D eigenvalue weighted by Crippen LogP contribution is 2.38. The molecule has 1 aliphatic carbocycles. The zero-order valence-corrected chi connectivity index (χ0v) is 15.0. The van der Waals surface area contributed by atoms with E-state index in [1.807, 2.05) is 56.5 Å². The van der Waals surface area contributed by atoms with Crippen molar-refractivity contribution in [2.45, 2.75) is 31.4 Å². The van der Waals surface area contributed by atoms with E-state index in [4.69, 9.17) is 0 Å². The molecule has 0 spiro atoms. The molecule has 1 heterocycles. The highest BCUT2D eigenvalue weighted by molar-refractivity contribution is 5.79. The average Bonchev–Trinajstić information content (AvgIpc) is 2.97. The van der Waals surface area contributed by atoms with Gasteiger partial charge in [0.15, 0.2) is 0 Å². The molecule has 1 atom stereocenters. The molecule has 25 heavy (non-hydrogen) atoms. The Balaban J connectivity index is 1.65. The maximum absolute atomic E-state index is 12.5. The van der Waals surface area contributed by atoms with Crippen molar-refractivity contribution in [1.29, 1.82) is 0 Å². The lowest BCUT2D eigenvalue weighted by Gasteiger charge is -2.37. The topological polar surface area (TPSA) is 70.4 Å². The molecule has 0 radical (unpaired) electrons. The number of aliphatic hydroxyl groups excluding tert-OH is 1. The number of nitrogens with one attached hydrogen (secondary N) is 1. The van der Waals surface area contributed by atoms with Crippen LogP contribution in [0.5, 0.6) is 0 Å². The summed E-state index contributed by atoms with van der Waals surface area (Å²) in [6.07, 6.45) is 5.26. The lowest BCUT2D eigenvalue weighted by molar-refractivity contribution is -0.122. The Bertz CT molecular complexity index is 717. The van der Waals surface area contributed by atoms with Gasteiger partial charge in [-0.1, -0.05) is 12.1 Å². The van der Waals surface area contributed by atoms with Crippen LogP contribution in [0.15, 0.2) is 36.7 Å². The van der Waals surface area contributed by atoms with Crippen LogP contribution in [0, 0.1) is 5.92 Å². The van der Waals surface area contributed by atoms with Gasteiger partial charge in [0.2, 0.25) is 5.91 Å². The third kappa shape index (κ3) is 4.20. The van der Waals surface area contributed by atoms with Crippen molar-refractivity contribution in [2.24, 2.45) is 13.0 Å². The summed E-state index contributed by atoms with van der Waals surface area (Å²) >= 11 is 0. The highest BCUT2D eigenvalue weighted by atomic mass is 16.3. The van der Waals surface area contributed by atoms with Gasteiger partial charge in [-0.2, -0.15) is 5.10 Å². The minimum atomic E-state index is -0.250. The lowest BCUT2D eigenvalue weighted by Crippen LogP contribution is -2.41. The molecule has 0 saturated heterocycles. The number of nitrogens with zero attached hydrogens (tertiary/aromatic N) is 3. The maximum Gasteiger partial charge on any atom is 0.224 e. The van der Waals surface area contributed by atoms with Crippen molar-refractivity contribution in [2.75, 3.05) is 19.0 Å². The second-order valence-electron chi connectivity index (χ2n) is 7.12. The van der Waals surface area contributed by atoms with Gasteiger partial charge in [-0.3, -0.25) is 9.48 Å². The molecule has 1 aromatic heterocycles. The predicted molar refractivity (Wildman–Crippen MR) is 97.3 cm³/mol. The first-order chi connectivity index (χ1) is 11.9. The average molecular weight is 342 g/mol. The first-order valence-corrected chi connectivity index (χ1v) is 8.64. The molecule has 1 amide bonds. The Morgan fingerprint density at radius 2 is 2.04 bits per heavy atom. The Labute approximate surface area is 148 Å². The molecular formula is C19H26N4O2. The van der Waals surface area contributed by atoms with Gasteiger partial charge in [-0.15, -0.1) is 0 Å². The fourth-order valence-corrected chi connectivity index (χ4v) is 3.30. The van der Waals surface area contributed by atoms with Crippen LogP contribution in [-0.2, 0) is 18.3 Å². The Hall–Kier alpha value is -2.34. The predicted octanol–water partition coefficient (Wildman–Crippen LogP) is 1.66. The van der Waals surface area contributed by atoms with Gasteiger partial charge in [0, 0.05) is 38.6 Å². The zero-order chi connectivity index (χ0) is 18.0. The summed E-state index contributed by atoms with van der Waals surface area (Å²) in [5.41, 5.74) is 3.10. The Morgan fingerprint density at radius 3 is 2.56 bits per heavy atom. The quantitative estimate of drug-likeness (QED) is 0.838. The number of aliphatic hydroxyl groups is 1. The third-order valence-electron chi connectivity index (χ3n) is 4.84. The van der Waals surface area contributed by atoms with Crippen molar-refractivity contribution < 1.29 is 9.90 Å². The van der Waals surface area contributed by atoms with Crippen LogP contribution in [0.2, 0.25) is 0 Å². The molecule has 134 valence electrons. The maximum atomic E-state index is 12.5. The summed E-state index contributed by atoms with van der Waals surface area (Å²) in [4.78, 5) is 14.6. The summed E-state index contributed by atoms with van der Waals surface area (Å²) in [5, 5.41) is 17.0. The molecule has 1 aromatic carbocycles. The van der Waals surface area contributed by atoms with Crippen LogP contribution < -0.4 is 10.2 Å². The number of benzene rings is 1. The van der Waals surface area contributed by atoms with E-state index in [2.05, 4.69) is 10.4 Å². The first-order valence-electron chi connectivity index (χ1n) is 8.64. The van der Waals surface area contributed by atoms with E-state index >= 15 is 0 Å². The number of aromatic nitrogens is 2. The highest BCUT2D eigenvalue weighted by Gasteiger charge is 2.36. The van der Waals surface area contributed by atoms with Gasteiger partial charge in [0.05, 0.1) is 24.8 Å². The standard InChI is InChI=1S/C19H26N4O2/c1-22(2)16-6-4-13(5-7-16)8-18(25)21-19(14-9-17(24)10-14)15-11-20-23(3)12-15/h4-7,11-12,14,17,19,24H,8-10H2,1-3H3,(H,21,25)/t14?,17?,19-/m0/s1. The summed E-state index contributed by atoms with van der Waals surface area (Å²) in [5.74, 6) is 0.257. The van der Waals surface area contributed by atoms with Gasteiger partial charge in [-0.25, -0.2) is 0 Å². The third-order valence-corrected chi connectivity index (χ3v) is 4.84. The zero-order valence-electron chi connectivity index (χ0n) is 15.0. The first kappa shape index (κ1) is 17.5. The van der Waals surface area contributed by atoms with Crippen molar-refractivity contribution in [1.82, 2.24) is 15.1 Å². The molecular weight excluding hydrogens is 316 g/mol. The van der Waals surface area contributed by atoms with Crippen LogP contribution in [0.25, 0.3) is 0 Å². The monoisotopic (exact) mass is 342 g/mol. The number of carbonyl (C=O) groups is 1. The van der Waals surface area contributed by atoms with Crippen molar-refractivity contribution in [3.63, 3.8) is 0 Å². The van der Waals surface area contributed by atoms with Gasteiger partial charge in [0.25, 0.3) is 0 Å². The smallest absolute Gasteiger partial charge is 0.224 e. The molecule has 2 N–H and O–H groups in total. The van der Waals surface area contributed by atoms with E-state index in [0.29, 0.717) is 6.42 Å². The van der Waals surface area contributed by atoms with E-state index in [1.54, 1.807) is 10.9 Å². The van der Waals surface area contributed by atoms with Crippen LogP contribution in [-0.4, -0.2) is 41.0 Å². The van der Waals surface area contributed by atoms with Crippen LogP contribution in [0.1, 0.15) is 30.0 Å². The molecule has 0 aliphatic heterocycles. The van der Waals surface area contributed by atoms with Gasteiger partial charge in [0.1, 0.15) is 0 Å². The summed E-state index contributed by atoms with van der Waals surface area (Å²) in [6.45, 7) is 0. The van der Waals surface area contributed by atoms with Crippen LogP contribution >= 0.6 is 0 Å².